The van der Waals surface area contributed by atoms with E-state index in [2.05, 4.69) is 18.7 Å². The molecule has 0 N–H and O–H groups in total. The number of hydrogen-bond acceptors (Lipinski definition) is 3. The number of hydrogen-bond donors (Lipinski definition) is 0. The third-order valence-electron chi connectivity index (χ3n) is 4.93. The highest BCUT2D eigenvalue weighted by atomic mass is 35.5. The Morgan fingerprint density at radius 2 is 1.75 bits per heavy atom. The van der Waals surface area contributed by atoms with Gasteiger partial charge in [0.1, 0.15) is 12.4 Å². The first-order valence-electron chi connectivity index (χ1n) is 10.0. The zero-order chi connectivity index (χ0) is 23.9. The fraction of sp³-hybridized carbons (Fsp3) is 0.348. The molecule has 0 aromatic heterocycles. The fourth-order valence-corrected chi connectivity index (χ4v) is 3.35. The molecule has 174 valence electrons. The summed E-state index contributed by atoms with van der Waals surface area (Å²) in [7, 11) is 1.56. The minimum Gasteiger partial charge on any atom is -0.491 e. The smallest absolute Gasteiger partial charge is 0.416 e. The van der Waals surface area contributed by atoms with Crippen molar-refractivity contribution in [1.82, 2.24) is 4.90 Å². The van der Waals surface area contributed by atoms with Gasteiger partial charge in [0.25, 0.3) is 5.91 Å². The van der Waals surface area contributed by atoms with E-state index in [-0.39, 0.29) is 5.02 Å². The van der Waals surface area contributed by atoms with Crippen LogP contribution < -0.4 is 9.64 Å². The molecule has 2 rings (SSSR count). The Balaban J connectivity index is 2.04. The van der Waals surface area contributed by atoms with Gasteiger partial charge < -0.3 is 14.5 Å². The predicted molar refractivity (Wildman–Crippen MR) is 124 cm³/mol. The Labute approximate surface area is 196 Å². The number of carbonyl (C=O) groups is 1. The molecule has 0 radical (unpaired) electrons. The largest absolute Gasteiger partial charge is 0.491 e. The molecule has 0 fully saturated rings. The molecular weight excluding hydrogens is 464 g/mol. The van der Waals surface area contributed by atoms with Crippen LogP contribution in [-0.2, 0) is 11.0 Å². The first-order chi connectivity index (χ1) is 15.1. The molecule has 2 aromatic rings. The maximum Gasteiger partial charge on any atom is 0.416 e. The SMILES string of the molecule is CCN(CC)CCOc1ccc(N(C)C(=O)C=Cc2ccc(C(F)(F)F)cc2Cl)cc1Cl. The zero-order valence-electron chi connectivity index (χ0n) is 18.0. The minimum atomic E-state index is -4.48. The van der Waals surface area contributed by atoms with Crippen LogP contribution in [0.1, 0.15) is 25.0 Å². The standard InChI is InChI=1S/C23H25Cl2F3N2O2/c1-4-30(5-2)12-13-32-21-10-9-18(15-20(21)25)29(3)22(31)11-7-16-6-8-17(14-19(16)24)23(26,27)28/h6-11,14-15H,4-5,12-13H2,1-3H3. The molecule has 0 spiro atoms. The number of likely N-dealkylation sites (N-methyl/N-ethyl adjacent to an activating group) is 2. The maximum absolute atomic E-state index is 12.7. The van der Waals surface area contributed by atoms with Crippen molar-refractivity contribution in [1.29, 1.82) is 0 Å². The number of halogens is 5. The molecule has 0 saturated carbocycles. The van der Waals surface area contributed by atoms with Crippen LogP contribution in [0.5, 0.6) is 5.75 Å². The van der Waals surface area contributed by atoms with Crippen molar-refractivity contribution in [3.05, 3.63) is 63.6 Å². The van der Waals surface area contributed by atoms with Gasteiger partial charge in [-0.1, -0.05) is 43.1 Å². The summed E-state index contributed by atoms with van der Waals surface area (Å²) < 4.78 is 44.0. The van der Waals surface area contributed by atoms with Crippen molar-refractivity contribution >= 4 is 40.9 Å². The first-order valence-corrected chi connectivity index (χ1v) is 10.8. The van der Waals surface area contributed by atoms with E-state index in [1.54, 1.807) is 25.2 Å². The molecule has 32 heavy (non-hydrogen) atoms. The number of nitrogens with zero attached hydrogens (tertiary/aromatic N) is 2. The summed E-state index contributed by atoms with van der Waals surface area (Å²) in [6.45, 7) is 7.30. The predicted octanol–water partition coefficient (Wildman–Crippen LogP) is 6.41. The lowest BCUT2D eigenvalue weighted by Gasteiger charge is -2.19. The van der Waals surface area contributed by atoms with Crippen molar-refractivity contribution < 1.29 is 22.7 Å². The lowest BCUT2D eigenvalue weighted by Crippen LogP contribution is -2.28. The number of alkyl halides is 3. The van der Waals surface area contributed by atoms with Gasteiger partial charge in [0.2, 0.25) is 0 Å². The van der Waals surface area contributed by atoms with Crippen molar-refractivity contribution in [2.45, 2.75) is 20.0 Å². The van der Waals surface area contributed by atoms with Gasteiger partial charge in [0.15, 0.2) is 0 Å². The molecular formula is C23H25Cl2F3N2O2. The number of ether oxygens (including phenoxy) is 1. The van der Waals surface area contributed by atoms with Gasteiger partial charge in [-0.3, -0.25) is 4.79 Å². The van der Waals surface area contributed by atoms with Gasteiger partial charge in [-0.15, -0.1) is 0 Å². The van der Waals surface area contributed by atoms with E-state index in [4.69, 9.17) is 27.9 Å². The van der Waals surface area contributed by atoms with E-state index < -0.39 is 17.6 Å². The molecule has 4 nitrogen and oxygen atoms in total. The number of carbonyl (C=O) groups excluding carboxylic acids is 1. The number of anilines is 1. The molecule has 2 aromatic carbocycles. The van der Waals surface area contributed by atoms with Crippen molar-refractivity contribution in [3.63, 3.8) is 0 Å². The maximum atomic E-state index is 12.7. The summed E-state index contributed by atoms with van der Waals surface area (Å²) in [5.41, 5.74) is -0.00667. The van der Waals surface area contributed by atoms with E-state index in [1.807, 2.05) is 0 Å². The highest BCUT2D eigenvalue weighted by Crippen LogP contribution is 2.33. The Hall–Kier alpha value is -2.22. The van der Waals surface area contributed by atoms with Crippen molar-refractivity contribution in [3.8, 4) is 5.75 Å². The molecule has 9 heteroatoms. The highest BCUT2D eigenvalue weighted by molar-refractivity contribution is 6.32. The fourth-order valence-electron chi connectivity index (χ4n) is 2.88. The monoisotopic (exact) mass is 488 g/mol. The second kappa shape index (κ2) is 11.6. The van der Waals surface area contributed by atoms with Gasteiger partial charge in [-0.25, -0.2) is 0 Å². The molecule has 1 amide bonds. The van der Waals surface area contributed by atoms with E-state index >= 15 is 0 Å². The normalized spacial score (nSPS) is 11.9. The zero-order valence-corrected chi connectivity index (χ0v) is 19.6. The Morgan fingerprint density at radius 1 is 1.06 bits per heavy atom. The van der Waals surface area contributed by atoms with Crippen LogP contribution in [0.4, 0.5) is 18.9 Å². The Kier molecular flexibility index (Phi) is 9.43. The van der Waals surface area contributed by atoms with Gasteiger partial charge in [-0.05, 0) is 55.1 Å². The Bertz CT molecular complexity index is 961. The highest BCUT2D eigenvalue weighted by Gasteiger charge is 2.30. The van der Waals surface area contributed by atoms with Gasteiger partial charge in [0.05, 0.1) is 10.6 Å². The lowest BCUT2D eigenvalue weighted by atomic mass is 10.1. The molecule has 0 atom stereocenters. The van der Waals surface area contributed by atoms with E-state index in [0.717, 1.165) is 31.8 Å². The lowest BCUT2D eigenvalue weighted by molar-refractivity contribution is -0.137. The van der Waals surface area contributed by atoms with E-state index in [1.165, 1.54) is 23.1 Å². The second-order valence-electron chi connectivity index (χ2n) is 6.95. The topological polar surface area (TPSA) is 32.8 Å². The van der Waals surface area contributed by atoms with Crippen LogP contribution in [-0.4, -0.2) is 44.1 Å². The summed E-state index contributed by atoms with van der Waals surface area (Å²) in [4.78, 5) is 16.1. The quantitative estimate of drug-likeness (QED) is 0.382. The van der Waals surface area contributed by atoms with Gasteiger partial charge >= 0.3 is 6.18 Å². The number of amides is 1. The number of benzene rings is 2. The molecule has 0 unspecified atom stereocenters. The van der Waals surface area contributed by atoms with Gasteiger partial charge in [0, 0.05) is 30.4 Å². The summed E-state index contributed by atoms with van der Waals surface area (Å²) in [6.07, 6.45) is -1.88. The van der Waals surface area contributed by atoms with Crippen LogP contribution in [0, 0.1) is 0 Å². The summed E-state index contributed by atoms with van der Waals surface area (Å²) in [5, 5.41) is 0.275. The molecule has 0 aliphatic rings. The first kappa shape index (κ1) is 26.0. The average Bonchev–Trinajstić information content (AvgIpc) is 2.75. The van der Waals surface area contributed by atoms with Crippen LogP contribution in [0.15, 0.2) is 42.5 Å². The third-order valence-corrected chi connectivity index (χ3v) is 5.55. The van der Waals surface area contributed by atoms with Gasteiger partial charge in [-0.2, -0.15) is 13.2 Å². The summed E-state index contributed by atoms with van der Waals surface area (Å²) in [5.74, 6) is 0.128. The van der Waals surface area contributed by atoms with Crippen LogP contribution in [0.25, 0.3) is 6.08 Å². The molecule has 0 saturated heterocycles. The summed E-state index contributed by atoms with van der Waals surface area (Å²) >= 11 is 12.2. The molecule has 0 bridgehead atoms. The third kappa shape index (κ3) is 7.15. The molecule has 0 aliphatic carbocycles. The van der Waals surface area contributed by atoms with Crippen molar-refractivity contribution in [2.24, 2.45) is 0 Å². The number of rotatable bonds is 9. The molecule has 0 heterocycles. The molecule has 0 aliphatic heterocycles. The summed E-state index contributed by atoms with van der Waals surface area (Å²) in [6, 6.07) is 7.98. The van der Waals surface area contributed by atoms with E-state index in [0.29, 0.717) is 28.6 Å². The minimum absolute atomic E-state index is 0.0965. The second-order valence-corrected chi connectivity index (χ2v) is 7.77. The Morgan fingerprint density at radius 3 is 2.31 bits per heavy atom. The van der Waals surface area contributed by atoms with Crippen LogP contribution in [0.2, 0.25) is 10.0 Å². The van der Waals surface area contributed by atoms with E-state index in [9.17, 15) is 18.0 Å². The average molecular weight is 489 g/mol. The van der Waals surface area contributed by atoms with Crippen LogP contribution >= 0.6 is 23.2 Å². The van der Waals surface area contributed by atoms with Crippen molar-refractivity contribution in [2.75, 3.05) is 38.2 Å². The van der Waals surface area contributed by atoms with Crippen LogP contribution in [0.3, 0.4) is 0 Å².